The molecule has 0 saturated carbocycles. The maximum Gasteiger partial charge on any atom is 0.0725 e. The van der Waals surface area contributed by atoms with Crippen LogP contribution in [0.2, 0.25) is 0 Å². The molecule has 0 N–H and O–H groups in total. The monoisotopic (exact) mass is 283 g/mol. The van der Waals surface area contributed by atoms with Crippen molar-refractivity contribution in [1.29, 1.82) is 0 Å². The van der Waals surface area contributed by atoms with Gasteiger partial charge in [0.15, 0.2) is 0 Å². The minimum Gasteiger partial charge on any atom is -0.249 e. The number of thiol groups is 1. The third-order valence-electron chi connectivity index (χ3n) is 3.40. The summed E-state index contributed by atoms with van der Waals surface area (Å²) in [5.41, 5.74) is 1.29. The molecule has 0 amide bonds. The Bertz CT molecular complexity index is 303. The van der Waals surface area contributed by atoms with Gasteiger partial charge in [-0.15, -0.1) is 5.10 Å². The first kappa shape index (κ1) is 16.5. The van der Waals surface area contributed by atoms with Crippen LogP contribution in [0.1, 0.15) is 65.0 Å². The van der Waals surface area contributed by atoms with Crippen LogP contribution in [-0.4, -0.2) is 20.2 Å². The van der Waals surface area contributed by atoms with Gasteiger partial charge in [-0.25, -0.2) is 4.68 Å². The SMILES string of the molecule is CC(C)CCCCn1nncc1CCCCC(C)S. The Balaban J connectivity index is 2.22. The molecule has 0 aromatic carbocycles. The summed E-state index contributed by atoms with van der Waals surface area (Å²) < 4.78 is 2.09. The van der Waals surface area contributed by atoms with E-state index in [2.05, 4.69) is 48.4 Å². The zero-order chi connectivity index (χ0) is 14.1. The number of nitrogens with zero attached hydrogens (tertiary/aromatic N) is 3. The van der Waals surface area contributed by atoms with E-state index in [1.54, 1.807) is 0 Å². The van der Waals surface area contributed by atoms with Gasteiger partial charge in [0.1, 0.15) is 0 Å². The Kier molecular flexibility index (Phi) is 8.19. The predicted molar refractivity (Wildman–Crippen MR) is 84.7 cm³/mol. The van der Waals surface area contributed by atoms with Crippen LogP contribution in [-0.2, 0) is 13.0 Å². The van der Waals surface area contributed by atoms with E-state index in [0.29, 0.717) is 5.25 Å². The molecule has 1 rings (SSSR count). The zero-order valence-corrected chi connectivity index (χ0v) is 13.6. The van der Waals surface area contributed by atoms with Crippen molar-refractivity contribution >= 4 is 12.6 Å². The molecule has 0 aliphatic rings. The summed E-state index contributed by atoms with van der Waals surface area (Å²) >= 11 is 4.41. The fraction of sp³-hybridized carbons (Fsp3) is 0.867. The van der Waals surface area contributed by atoms with Gasteiger partial charge in [-0.2, -0.15) is 12.6 Å². The van der Waals surface area contributed by atoms with Gasteiger partial charge in [0.25, 0.3) is 0 Å². The normalized spacial score (nSPS) is 13.1. The van der Waals surface area contributed by atoms with Gasteiger partial charge in [0.05, 0.1) is 11.9 Å². The smallest absolute Gasteiger partial charge is 0.0725 e. The van der Waals surface area contributed by atoms with Crippen LogP contribution in [0.25, 0.3) is 0 Å². The minimum absolute atomic E-state index is 0.513. The molecule has 19 heavy (non-hydrogen) atoms. The van der Waals surface area contributed by atoms with Crippen LogP contribution < -0.4 is 0 Å². The van der Waals surface area contributed by atoms with Crippen molar-refractivity contribution in [1.82, 2.24) is 15.0 Å². The van der Waals surface area contributed by atoms with Crippen LogP contribution in [0.5, 0.6) is 0 Å². The summed E-state index contributed by atoms with van der Waals surface area (Å²) in [7, 11) is 0. The van der Waals surface area contributed by atoms with Crippen molar-refractivity contribution in [3.8, 4) is 0 Å². The molecule has 1 heterocycles. The molecule has 0 aliphatic heterocycles. The molecule has 0 fully saturated rings. The number of hydrogen-bond acceptors (Lipinski definition) is 3. The van der Waals surface area contributed by atoms with Crippen LogP contribution in [0.3, 0.4) is 0 Å². The van der Waals surface area contributed by atoms with E-state index >= 15 is 0 Å². The van der Waals surface area contributed by atoms with E-state index in [0.717, 1.165) is 18.9 Å². The first-order valence-corrected chi connectivity index (χ1v) is 8.16. The fourth-order valence-electron chi connectivity index (χ4n) is 2.22. The van der Waals surface area contributed by atoms with Crippen molar-refractivity contribution < 1.29 is 0 Å². The lowest BCUT2D eigenvalue weighted by atomic mass is 10.1. The van der Waals surface area contributed by atoms with Crippen LogP contribution in [0.15, 0.2) is 6.20 Å². The summed E-state index contributed by atoms with van der Waals surface area (Å²) in [4.78, 5) is 0. The molecule has 3 nitrogen and oxygen atoms in total. The third kappa shape index (κ3) is 7.61. The maximum absolute atomic E-state index is 4.41. The lowest BCUT2D eigenvalue weighted by Gasteiger charge is -2.08. The van der Waals surface area contributed by atoms with Gasteiger partial charge in [-0.3, -0.25) is 0 Å². The number of hydrogen-bond donors (Lipinski definition) is 1. The van der Waals surface area contributed by atoms with E-state index in [1.165, 1.54) is 44.2 Å². The summed E-state index contributed by atoms with van der Waals surface area (Å²) in [6.07, 6.45) is 10.5. The standard InChI is InChI=1S/C15H29N3S/c1-13(2)8-6-7-11-18-15(12-16-17-18)10-5-4-9-14(3)19/h12-14,19H,4-11H2,1-3H3. The van der Waals surface area contributed by atoms with Gasteiger partial charge in [0, 0.05) is 6.54 Å². The Hall–Kier alpha value is -0.510. The second kappa shape index (κ2) is 9.40. The Morgan fingerprint density at radius 2 is 1.84 bits per heavy atom. The lowest BCUT2D eigenvalue weighted by Crippen LogP contribution is -2.06. The van der Waals surface area contributed by atoms with E-state index < -0.39 is 0 Å². The number of unbranched alkanes of at least 4 members (excludes halogenated alkanes) is 2. The summed E-state index contributed by atoms with van der Waals surface area (Å²) in [6, 6.07) is 0. The molecule has 0 bridgehead atoms. The first-order chi connectivity index (χ1) is 9.09. The van der Waals surface area contributed by atoms with Gasteiger partial charge < -0.3 is 0 Å². The lowest BCUT2D eigenvalue weighted by molar-refractivity contribution is 0.474. The summed E-state index contributed by atoms with van der Waals surface area (Å²) in [5.74, 6) is 0.804. The summed E-state index contributed by atoms with van der Waals surface area (Å²) in [5, 5.41) is 8.76. The summed E-state index contributed by atoms with van der Waals surface area (Å²) in [6.45, 7) is 7.74. The second-order valence-corrected chi connectivity index (χ2v) is 6.81. The molecule has 110 valence electrons. The average molecular weight is 283 g/mol. The molecule has 1 atom stereocenters. The molecular formula is C15H29N3S. The van der Waals surface area contributed by atoms with Crippen molar-refractivity contribution in [3.63, 3.8) is 0 Å². The van der Waals surface area contributed by atoms with E-state index in [4.69, 9.17) is 0 Å². The largest absolute Gasteiger partial charge is 0.249 e. The molecule has 0 spiro atoms. The molecular weight excluding hydrogens is 254 g/mol. The van der Waals surface area contributed by atoms with E-state index in [1.807, 2.05) is 6.20 Å². The topological polar surface area (TPSA) is 30.7 Å². The van der Waals surface area contributed by atoms with Gasteiger partial charge in [0.2, 0.25) is 0 Å². The molecule has 0 saturated heterocycles. The minimum atomic E-state index is 0.513. The fourth-order valence-corrected chi connectivity index (χ4v) is 2.40. The predicted octanol–water partition coefficient (Wildman–Crippen LogP) is 4.14. The highest BCUT2D eigenvalue weighted by molar-refractivity contribution is 7.80. The zero-order valence-electron chi connectivity index (χ0n) is 12.7. The van der Waals surface area contributed by atoms with Crippen molar-refractivity contribution in [2.24, 2.45) is 5.92 Å². The average Bonchev–Trinajstić information content (AvgIpc) is 2.77. The Labute approximate surface area is 123 Å². The number of aromatic nitrogens is 3. The Morgan fingerprint density at radius 3 is 2.53 bits per heavy atom. The first-order valence-electron chi connectivity index (χ1n) is 7.65. The molecule has 0 aliphatic carbocycles. The Morgan fingerprint density at radius 1 is 1.11 bits per heavy atom. The van der Waals surface area contributed by atoms with Gasteiger partial charge in [-0.05, 0) is 36.9 Å². The highest BCUT2D eigenvalue weighted by Crippen LogP contribution is 2.11. The van der Waals surface area contributed by atoms with E-state index in [9.17, 15) is 0 Å². The van der Waals surface area contributed by atoms with Crippen LogP contribution >= 0.6 is 12.6 Å². The number of aryl methyl sites for hydroxylation is 2. The van der Waals surface area contributed by atoms with Crippen molar-refractivity contribution in [2.45, 2.75) is 77.5 Å². The highest BCUT2D eigenvalue weighted by Gasteiger charge is 2.04. The van der Waals surface area contributed by atoms with E-state index in [-0.39, 0.29) is 0 Å². The quantitative estimate of drug-likeness (QED) is 0.517. The van der Waals surface area contributed by atoms with Crippen molar-refractivity contribution in [2.75, 3.05) is 0 Å². The molecule has 1 aromatic rings. The molecule has 1 unspecified atom stereocenters. The van der Waals surface area contributed by atoms with Crippen LogP contribution in [0, 0.1) is 5.92 Å². The molecule has 0 radical (unpaired) electrons. The van der Waals surface area contributed by atoms with Gasteiger partial charge >= 0.3 is 0 Å². The number of rotatable bonds is 10. The van der Waals surface area contributed by atoms with Gasteiger partial charge in [-0.1, -0.05) is 45.2 Å². The third-order valence-corrected chi connectivity index (χ3v) is 3.66. The maximum atomic E-state index is 4.41. The molecule has 4 heteroatoms. The van der Waals surface area contributed by atoms with Crippen LogP contribution in [0.4, 0.5) is 0 Å². The molecule has 1 aromatic heterocycles. The second-order valence-electron chi connectivity index (χ2n) is 5.93. The highest BCUT2D eigenvalue weighted by atomic mass is 32.1. The van der Waals surface area contributed by atoms with Crippen molar-refractivity contribution in [3.05, 3.63) is 11.9 Å².